The van der Waals surface area contributed by atoms with Crippen molar-refractivity contribution in [3.63, 3.8) is 0 Å². The number of halogens is 1. The van der Waals surface area contributed by atoms with Gasteiger partial charge in [-0.3, -0.25) is 4.90 Å². The van der Waals surface area contributed by atoms with Gasteiger partial charge in [0.15, 0.2) is 0 Å². The van der Waals surface area contributed by atoms with Gasteiger partial charge in [-0.15, -0.1) is 0 Å². The first-order valence-electron chi connectivity index (χ1n) is 10.3. The molecular formula is C22H35ClN2O2. The number of hydrogen-bond acceptors (Lipinski definition) is 4. The third kappa shape index (κ3) is 6.35. The van der Waals surface area contributed by atoms with Crippen molar-refractivity contribution >= 4 is 17.3 Å². The fourth-order valence-electron chi connectivity index (χ4n) is 4.84. The Morgan fingerprint density at radius 1 is 1.22 bits per heavy atom. The van der Waals surface area contributed by atoms with Gasteiger partial charge in [0.1, 0.15) is 0 Å². The molecule has 1 saturated heterocycles. The average molecular weight is 395 g/mol. The second kappa shape index (κ2) is 9.13. The van der Waals surface area contributed by atoms with Crippen molar-refractivity contribution in [2.24, 2.45) is 11.3 Å². The quantitative estimate of drug-likeness (QED) is 0.789. The van der Waals surface area contributed by atoms with Gasteiger partial charge in [0.05, 0.1) is 18.8 Å². The molecule has 0 bridgehead atoms. The number of β-amino-alcohol motifs (C(OH)–C–C–N with tert-alkyl or cyclic N) is 1. The fourth-order valence-corrected chi connectivity index (χ4v) is 5.03. The standard InChI is InChI=1S/C22H35ClN2O2/c1-17-11-21(14-22(2,3)13-17)27-16-20(26)15-24-7-9-25(10-8-24)19-6-4-5-18(23)12-19/h4-6,12,17,20-21,26H,7-11,13-16H2,1-3H3/t17-,20+,21+/m0/s1. The van der Waals surface area contributed by atoms with Crippen molar-refractivity contribution in [3.8, 4) is 0 Å². The highest BCUT2D eigenvalue weighted by atomic mass is 35.5. The summed E-state index contributed by atoms with van der Waals surface area (Å²) in [4.78, 5) is 4.69. The molecular weight excluding hydrogens is 360 g/mol. The zero-order valence-corrected chi connectivity index (χ0v) is 17.8. The van der Waals surface area contributed by atoms with Crippen LogP contribution in [0.25, 0.3) is 0 Å². The molecule has 27 heavy (non-hydrogen) atoms. The number of piperazine rings is 1. The minimum atomic E-state index is -0.414. The number of aliphatic hydroxyl groups is 1. The van der Waals surface area contributed by atoms with Crippen molar-refractivity contribution in [1.29, 1.82) is 0 Å². The highest BCUT2D eigenvalue weighted by Gasteiger charge is 2.32. The van der Waals surface area contributed by atoms with Crippen LogP contribution >= 0.6 is 11.6 Å². The van der Waals surface area contributed by atoms with E-state index >= 15 is 0 Å². The molecule has 3 atom stereocenters. The van der Waals surface area contributed by atoms with Crippen molar-refractivity contribution < 1.29 is 9.84 Å². The first-order chi connectivity index (χ1) is 12.8. The van der Waals surface area contributed by atoms with Crippen molar-refractivity contribution in [2.45, 2.75) is 52.2 Å². The number of benzene rings is 1. The molecule has 1 aromatic carbocycles. The van der Waals surface area contributed by atoms with Crippen LogP contribution in [0, 0.1) is 11.3 Å². The molecule has 1 aromatic rings. The summed E-state index contributed by atoms with van der Waals surface area (Å²) >= 11 is 6.10. The van der Waals surface area contributed by atoms with Gasteiger partial charge >= 0.3 is 0 Å². The maximum Gasteiger partial charge on any atom is 0.0900 e. The van der Waals surface area contributed by atoms with Crippen LogP contribution in [-0.4, -0.2) is 61.5 Å². The molecule has 5 heteroatoms. The molecule has 3 rings (SSSR count). The van der Waals surface area contributed by atoms with Gasteiger partial charge < -0.3 is 14.7 Å². The van der Waals surface area contributed by atoms with Crippen LogP contribution in [0.1, 0.15) is 40.0 Å². The number of aliphatic hydroxyl groups excluding tert-OH is 1. The van der Waals surface area contributed by atoms with E-state index in [0.29, 0.717) is 24.5 Å². The molecule has 1 aliphatic carbocycles. The summed E-state index contributed by atoms with van der Waals surface area (Å²) in [6.45, 7) is 11.9. The van der Waals surface area contributed by atoms with Crippen molar-refractivity contribution in [2.75, 3.05) is 44.2 Å². The van der Waals surface area contributed by atoms with E-state index in [1.165, 1.54) is 12.1 Å². The molecule has 1 N–H and O–H groups in total. The molecule has 1 aliphatic heterocycles. The third-order valence-corrected chi connectivity index (χ3v) is 6.12. The molecule has 1 heterocycles. The van der Waals surface area contributed by atoms with Gasteiger partial charge in [-0.1, -0.05) is 38.4 Å². The highest BCUT2D eigenvalue weighted by molar-refractivity contribution is 6.30. The normalized spacial score (nSPS) is 27.5. The maximum atomic E-state index is 10.4. The van der Waals surface area contributed by atoms with Crippen LogP contribution in [0.5, 0.6) is 0 Å². The molecule has 0 spiro atoms. The number of rotatable bonds is 6. The lowest BCUT2D eigenvalue weighted by atomic mass is 9.71. The zero-order chi connectivity index (χ0) is 19.4. The van der Waals surface area contributed by atoms with Crippen LogP contribution in [0.2, 0.25) is 5.02 Å². The largest absolute Gasteiger partial charge is 0.389 e. The second-order valence-electron chi connectivity index (χ2n) is 9.29. The maximum absolute atomic E-state index is 10.4. The average Bonchev–Trinajstić information content (AvgIpc) is 2.59. The smallest absolute Gasteiger partial charge is 0.0900 e. The monoisotopic (exact) mass is 394 g/mol. The van der Waals surface area contributed by atoms with E-state index < -0.39 is 6.10 Å². The molecule has 2 fully saturated rings. The summed E-state index contributed by atoms with van der Waals surface area (Å²) in [6, 6.07) is 8.04. The van der Waals surface area contributed by atoms with Crippen LogP contribution < -0.4 is 4.90 Å². The Balaban J connectivity index is 1.39. The van der Waals surface area contributed by atoms with E-state index in [1.54, 1.807) is 0 Å². The van der Waals surface area contributed by atoms with Crippen molar-refractivity contribution in [1.82, 2.24) is 4.90 Å². The molecule has 0 aromatic heterocycles. The van der Waals surface area contributed by atoms with Gasteiger partial charge in [0.2, 0.25) is 0 Å². The molecule has 0 amide bonds. The number of hydrogen-bond donors (Lipinski definition) is 1. The third-order valence-electron chi connectivity index (χ3n) is 5.89. The minimum Gasteiger partial charge on any atom is -0.389 e. The summed E-state index contributed by atoms with van der Waals surface area (Å²) in [5.41, 5.74) is 1.53. The van der Waals surface area contributed by atoms with Crippen LogP contribution in [0.4, 0.5) is 5.69 Å². The fraction of sp³-hybridized carbons (Fsp3) is 0.727. The van der Waals surface area contributed by atoms with Crippen molar-refractivity contribution in [3.05, 3.63) is 29.3 Å². The summed E-state index contributed by atoms with van der Waals surface area (Å²) in [6.07, 6.45) is 3.37. The summed E-state index contributed by atoms with van der Waals surface area (Å²) in [5.74, 6) is 0.704. The van der Waals surface area contributed by atoms with Crippen LogP contribution in [-0.2, 0) is 4.74 Å². The highest BCUT2D eigenvalue weighted by Crippen LogP contribution is 2.39. The van der Waals surface area contributed by atoms with E-state index in [2.05, 4.69) is 36.6 Å². The number of ether oxygens (including phenoxy) is 1. The molecule has 1 saturated carbocycles. The summed E-state index contributed by atoms with van der Waals surface area (Å²) in [5, 5.41) is 11.2. The molecule has 0 radical (unpaired) electrons. The molecule has 2 aliphatic rings. The zero-order valence-electron chi connectivity index (χ0n) is 17.0. The van der Waals surface area contributed by atoms with Gasteiger partial charge in [-0.2, -0.15) is 0 Å². The van der Waals surface area contributed by atoms with Gasteiger partial charge in [-0.05, 0) is 48.8 Å². The Kier molecular flexibility index (Phi) is 7.07. The Bertz CT molecular complexity index is 602. The van der Waals surface area contributed by atoms with E-state index in [1.807, 2.05) is 18.2 Å². The summed E-state index contributed by atoms with van der Waals surface area (Å²) < 4.78 is 6.09. The molecule has 152 valence electrons. The SMILES string of the molecule is C[C@H]1C[C@@H](OC[C@H](O)CN2CCN(c3cccc(Cl)c3)CC2)CC(C)(C)C1. The van der Waals surface area contributed by atoms with E-state index in [0.717, 1.165) is 44.0 Å². The lowest BCUT2D eigenvalue weighted by Crippen LogP contribution is -2.49. The Labute approximate surface area is 169 Å². The lowest BCUT2D eigenvalue weighted by Gasteiger charge is -2.39. The van der Waals surface area contributed by atoms with Gasteiger partial charge in [0, 0.05) is 43.4 Å². The van der Waals surface area contributed by atoms with Gasteiger partial charge in [0.25, 0.3) is 0 Å². The lowest BCUT2D eigenvalue weighted by molar-refractivity contribution is -0.0615. The Morgan fingerprint density at radius 3 is 2.63 bits per heavy atom. The van der Waals surface area contributed by atoms with Crippen LogP contribution in [0.15, 0.2) is 24.3 Å². The van der Waals surface area contributed by atoms with E-state index in [9.17, 15) is 5.11 Å². The van der Waals surface area contributed by atoms with E-state index in [-0.39, 0.29) is 6.10 Å². The number of nitrogens with zero attached hydrogens (tertiary/aromatic N) is 2. The molecule has 4 nitrogen and oxygen atoms in total. The molecule has 0 unspecified atom stereocenters. The predicted octanol–water partition coefficient (Wildman–Crippen LogP) is 4.05. The summed E-state index contributed by atoms with van der Waals surface area (Å²) in [7, 11) is 0. The first kappa shape index (κ1) is 20.9. The predicted molar refractivity (Wildman–Crippen MR) is 113 cm³/mol. The van der Waals surface area contributed by atoms with E-state index in [4.69, 9.17) is 16.3 Å². The first-order valence-corrected chi connectivity index (χ1v) is 10.7. The Hall–Kier alpha value is -0.810. The van der Waals surface area contributed by atoms with Gasteiger partial charge in [-0.25, -0.2) is 0 Å². The Morgan fingerprint density at radius 2 is 1.96 bits per heavy atom. The minimum absolute atomic E-state index is 0.290. The van der Waals surface area contributed by atoms with Crippen LogP contribution in [0.3, 0.4) is 0 Å². The topological polar surface area (TPSA) is 35.9 Å². The number of anilines is 1. The second-order valence-corrected chi connectivity index (χ2v) is 9.73.